The van der Waals surface area contributed by atoms with E-state index in [1.54, 1.807) is 11.3 Å². The number of rotatable bonds is 4. The van der Waals surface area contributed by atoms with Gasteiger partial charge in [0.15, 0.2) is 0 Å². The fourth-order valence-electron chi connectivity index (χ4n) is 1.95. The molecule has 2 heterocycles. The number of aromatic amines is 1. The number of thiophene rings is 1. The van der Waals surface area contributed by atoms with E-state index >= 15 is 0 Å². The monoisotopic (exact) mass is 249 g/mol. The molecule has 0 aliphatic heterocycles. The van der Waals surface area contributed by atoms with Gasteiger partial charge in [-0.15, -0.1) is 11.3 Å². The Bertz CT molecular complexity index is 451. The number of aryl methyl sites for hydroxylation is 2. The minimum atomic E-state index is 0.352. The highest BCUT2D eigenvalue weighted by atomic mass is 32.1. The van der Waals surface area contributed by atoms with Gasteiger partial charge in [0.2, 0.25) is 0 Å². The number of aromatic nitrogens is 2. The summed E-state index contributed by atoms with van der Waals surface area (Å²) in [5.41, 5.74) is 3.27. The normalized spacial score (nSPS) is 13.0. The average Bonchev–Trinajstić information content (AvgIpc) is 2.88. The van der Waals surface area contributed by atoms with Crippen LogP contribution in [0.5, 0.6) is 0 Å². The van der Waals surface area contributed by atoms with Gasteiger partial charge in [-0.1, -0.05) is 19.9 Å². The maximum Gasteiger partial charge on any atom is 0.0825 e. The summed E-state index contributed by atoms with van der Waals surface area (Å²) in [4.78, 5) is 1.38. The molecule has 2 N–H and O–H groups in total. The molecule has 2 aromatic rings. The molecule has 0 saturated heterocycles. The van der Waals surface area contributed by atoms with E-state index in [1.165, 1.54) is 4.88 Å². The van der Waals surface area contributed by atoms with Crippen molar-refractivity contribution in [2.75, 3.05) is 5.32 Å². The Morgan fingerprint density at radius 1 is 1.35 bits per heavy atom. The second-order valence-electron chi connectivity index (χ2n) is 4.69. The Labute approximate surface area is 106 Å². The molecule has 0 saturated carbocycles. The molecule has 4 heteroatoms. The molecule has 2 rings (SSSR count). The summed E-state index contributed by atoms with van der Waals surface area (Å²) in [6.07, 6.45) is 0. The third-order valence-corrected chi connectivity index (χ3v) is 3.90. The van der Waals surface area contributed by atoms with Gasteiger partial charge in [0.1, 0.15) is 0 Å². The summed E-state index contributed by atoms with van der Waals surface area (Å²) in [6.45, 7) is 8.55. The SMILES string of the molecule is Cc1n[nH]c(C)c1NC(c1cccs1)C(C)C. The van der Waals surface area contributed by atoms with Crippen molar-refractivity contribution in [3.8, 4) is 0 Å². The molecule has 0 spiro atoms. The van der Waals surface area contributed by atoms with Crippen molar-refractivity contribution < 1.29 is 0 Å². The van der Waals surface area contributed by atoms with E-state index in [2.05, 4.69) is 46.9 Å². The highest BCUT2D eigenvalue weighted by molar-refractivity contribution is 7.10. The highest BCUT2D eigenvalue weighted by Gasteiger charge is 2.19. The minimum absolute atomic E-state index is 0.352. The first kappa shape index (κ1) is 12.2. The van der Waals surface area contributed by atoms with Gasteiger partial charge in [-0.05, 0) is 31.2 Å². The topological polar surface area (TPSA) is 40.7 Å². The van der Waals surface area contributed by atoms with Crippen LogP contribution in [-0.4, -0.2) is 10.2 Å². The Balaban J connectivity index is 2.25. The molecule has 0 radical (unpaired) electrons. The van der Waals surface area contributed by atoms with Gasteiger partial charge in [0.05, 0.1) is 23.1 Å². The fraction of sp³-hybridized carbons (Fsp3) is 0.462. The van der Waals surface area contributed by atoms with E-state index < -0.39 is 0 Å². The maximum atomic E-state index is 4.23. The van der Waals surface area contributed by atoms with E-state index in [0.29, 0.717) is 12.0 Å². The minimum Gasteiger partial charge on any atom is -0.374 e. The average molecular weight is 249 g/mol. The number of anilines is 1. The van der Waals surface area contributed by atoms with Crippen LogP contribution in [-0.2, 0) is 0 Å². The van der Waals surface area contributed by atoms with Crippen molar-refractivity contribution in [1.82, 2.24) is 10.2 Å². The zero-order valence-corrected chi connectivity index (χ0v) is 11.6. The van der Waals surface area contributed by atoms with Crippen LogP contribution in [0.4, 0.5) is 5.69 Å². The van der Waals surface area contributed by atoms with Gasteiger partial charge in [-0.25, -0.2) is 0 Å². The van der Waals surface area contributed by atoms with Gasteiger partial charge in [-0.2, -0.15) is 5.10 Å². The molecule has 92 valence electrons. The van der Waals surface area contributed by atoms with Crippen molar-refractivity contribution in [3.05, 3.63) is 33.8 Å². The van der Waals surface area contributed by atoms with Crippen molar-refractivity contribution in [2.45, 2.75) is 33.7 Å². The van der Waals surface area contributed by atoms with Gasteiger partial charge in [-0.3, -0.25) is 5.10 Å². The Morgan fingerprint density at radius 2 is 2.12 bits per heavy atom. The lowest BCUT2D eigenvalue weighted by Crippen LogP contribution is -2.16. The van der Waals surface area contributed by atoms with Gasteiger partial charge in [0.25, 0.3) is 0 Å². The second-order valence-corrected chi connectivity index (χ2v) is 5.67. The Hall–Kier alpha value is -1.29. The van der Waals surface area contributed by atoms with Gasteiger partial charge in [0, 0.05) is 4.88 Å². The van der Waals surface area contributed by atoms with Crippen molar-refractivity contribution in [1.29, 1.82) is 0 Å². The molecule has 3 nitrogen and oxygen atoms in total. The molecule has 0 fully saturated rings. The van der Waals surface area contributed by atoms with E-state index in [-0.39, 0.29) is 0 Å². The summed E-state index contributed by atoms with van der Waals surface area (Å²) in [5.74, 6) is 0.544. The van der Waals surface area contributed by atoms with Gasteiger partial charge >= 0.3 is 0 Å². The van der Waals surface area contributed by atoms with Crippen LogP contribution in [0, 0.1) is 19.8 Å². The van der Waals surface area contributed by atoms with Crippen molar-refractivity contribution in [2.24, 2.45) is 5.92 Å². The molecule has 2 aromatic heterocycles. The predicted octanol–water partition coefficient (Wildman–Crippen LogP) is 3.90. The molecule has 0 bridgehead atoms. The summed E-state index contributed by atoms with van der Waals surface area (Å²) in [6, 6.07) is 4.64. The first-order valence-electron chi connectivity index (χ1n) is 5.91. The van der Waals surface area contributed by atoms with Crippen LogP contribution in [0.2, 0.25) is 0 Å². The van der Waals surface area contributed by atoms with Crippen LogP contribution < -0.4 is 5.32 Å². The molecule has 1 unspecified atom stereocenters. The number of hydrogen-bond donors (Lipinski definition) is 2. The zero-order valence-electron chi connectivity index (χ0n) is 10.7. The van der Waals surface area contributed by atoms with Crippen LogP contribution in [0.1, 0.15) is 36.2 Å². The van der Waals surface area contributed by atoms with Crippen LogP contribution in [0.15, 0.2) is 17.5 Å². The number of H-pyrrole nitrogens is 1. The summed E-state index contributed by atoms with van der Waals surface area (Å²) >= 11 is 1.80. The van der Waals surface area contributed by atoms with E-state index in [0.717, 1.165) is 17.1 Å². The molecule has 0 aliphatic rings. The number of nitrogens with one attached hydrogen (secondary N) is 2. The summed E-state index contributed by atoms with van der Waals surface area (Å²) in [7, 11) is 0. The molecule has 17 heavy (non-hydrogen) atoms. The lowest BCUT2D eigenvalue weighted by molar-refractivity contribution is 0.553. The van der Waals surface area contributed by atoms with Crippen LogP contribution in [0.25, 0.3) is 0 Å². The first-order chi connectivity index (χ1) is 8.09. The van der Waals surface area contributed by atoms with E-state index in [1.807, 2.05) is 13.8 Å². The standard InChI is InChI=1S/C13H19N3S/c1-8(2)12(11-6-5-7-17-11)14-13-9(3)15-16-10(13)4/h5-8,12,14H,1-4H3,(H,15,16). The molecule has 0 aromatic carbocycles. The highest BCUT2D eigenvalue weighted by Crippen LogP contribution is 2.31. The predicted molar refractivity (Wildman–Crippen MR) is 73.6 cm³/mol. The van der Waals surface area contributed by atoms with Gasteiger partial charge < -0.3 is 5.32 Å². The first-order valence-corrected chi connectivity index (χ1v) is 6.79. The van der Waals surface area contributed by atoms with E-state index in [4.69, 9.17) is 0 Å². The zero-order chi connectivity index (χ0) is 12.4. The lowest BCUT2D eigenvalue weighted by atomic mass is 10.0. The number of hydrogen-bond acceptors (Lipinski definition) is 3. The quantitative estimate of drug-likeness (QED) is 0.863. The summed E-state index contributed by atoms with van der Waals surface area (Å²) in [5, 5.41) is 13.0. The molecule has 1 atom stereocenters. The molecular weight excluding hydrogens is 230 g/mol. The number of nitrogens with zero attached hydrogens (tertiary/aromatic N) is 1. The fourth-order valence-corrected chi connectivity index (χ4v) is 2.90. The molecular formula is C13H19N3S. The third kappa shape index (κ3) is 2.52. The third-order valence-electron chi connectivity index (χ3n) is 2.94. The largest absolute Gasteiger partial charge is 0.374 e. The Kier molecular flexibility index (Phi) is 3.52. The molecule has 0 amide bonds. The molecule has 0 aliphatic carbocycles. The lowest BCUT2D eigenvalue weighted by Gasteiger charge is -2.22. The van der Waals surface area contributed by atoms with Crippen molar-refractivity contribution in [3.63, 3.8) is 0 Å². The Morgan fingerprint density at radius 3 is 2.59 bits per heavy atom. The smallest absolute Gasteiger partial charge is 0.0825 e. The van der Waals surface area contributed by atoms with Crippen molar-refractivity contribution >= 4 is 17.0 Å². The van der Waals surface area contributed by atoms with Crippen LogP contribution in [0.3, 0.4) is 0 Å². The maximum absolute atomic E-state index is 4.23. The van der Waals surface area contributed by atoms with E-state index in [9.17, 15) is 0 Å². The van der Waals surface area contributed by atoms with Crippen LogP contribution >= 0.6 is 11.3 Å². The second kappa shape index (κ2) is 4.92. The summed E-state index contributed by atoms with van der Waals surface area (Å²) < 4.78 is 0.